The zero-order chi connectivity index (χ0) is 20.1. The third-order valence-electron chi connectivity index (χ3n) is 4.78. The highest BCUT2D eigenvalue weighted by molar-refractivity contribution is 5.82. The zero-order valence-electron chi connectivity index (χ0n) is 14.7. The van der Waals surface area contributed by atoms with Crippen LogP contribution in [0.5, 0.6) is 11.8 Å². The van der Waals surface area contributed by atoms with Gasteiger partial charge in [0.2, 0.25) is 0 Å². The third kappa shape index (κ3) is 2.97. The number of hydrogen-bond donors (Lipinski definition) is 2. The van der Waals surface area contributed by atoms with Gasteiger partial charge in [-0.05, 0) is 12.1 Å². The Hall–Kier alpha value is -2.93. The summed E-state index contributed by atoms with van der Waals surface area (Å²) in [5.74, 6) is -1.87. The van der Waals surface area contributed by atoms with Gasteiger partial charge in [0.05, 0.1) is 12.9 Å². The van der Waals surface area contributed by atoms with E-state index in [9.17, 15) is 13.9 Å². The number of nitrogens with zero attached hydrogens (tertiary/aromatic N) is 4. The number of halogens is 2. The molecule has 152 valence electrons. The minimum atomic E-state index is -0.786. The minimum absolute atomic E-state index is 0.0163. The average molecular weight is 407 g/mol. The molecule has 2 aliphatic rings. The van der Waals surface area contributed by atoms with Gasteiger partial charge in [-0.1, -0.05) is 0 Å². The van der Waals surface area contributed by atoms with Crippen molar-refractivity contribution in [2.24, 2.45) is 0 Å². The number of ether oxygens (including phenoxy) is 4. The molecule has 0 radical (unpaired) electrons. The number of benzene rings is 1. The summed E-state index contributed by atoms with van der Waals surface area (Å²) in [6, 6.07) is 2.47. The molecule has 2 saturated heterocycles. The van der Waals surface area contributed by atoms with Crippen molar-refractivity contribution in [1.82, 2.24) is 19.5 Å². The highest BCUT2D eigenvalue weighted by Gasteiger charge is 2.50. The van der Waals surface area contributed by atoms with E-state index in [0.29, 0.717) is 0 Å². The lowest BCUT2D eigenvalue weighted by Crippen LogP contribution is -2.30. The maximum absolute atomic E-state index is 13.9. The first-order valence-electron chi connectivity index (χ1n) is 8.67. The summed E-state index contributed by atoms with van der Waals surface area (Å²) < 4.78 is 51.0. The van der Waals surface area contributed by atoms with Gasteiger partial charge in [0.25, 0.3) is 0 Å². The Balaban J connectivity index is 1.54. The fraction of sp³-hybridized carbons (Fsp3) is 0.353. The normalized spacial score (nSPS) is 26.2. The summed E-state index contributed by atoms with van der Waals surface area (Å²) in [6.07, 6.45) is -0.783. The number of anilines is 1. The number of rotatable bonds is 4. The van der Waals surface area contributed by atoms with Crippen LogP contribution in [0.25, 0.3) is 11.2 Å². The predicted molar refractivity (Wildman–Crippen MR) is 91.8 cm³/mol. The first-order chi connectivity index (χ1) is 14.0. The van der Waals surface area contributed by atoms with Gasteiger partial charge in [-0.25, -0.2) is 13.8 Å². The predicted octanol–water partition coefficient (Wildman–Crippen LogP) is 1.11. The largest absolute Gasteiger partial charge is 0.421 e. The number of aliphatic hydroxyl groups is 1. The molecule has 0 spiro atoms. The molecule has 12 heteroatoms. The van der Waals surface area contributed by atoms with E-state index in [4.69, 9.17) is 24.7 Å². The van der Waals surface area contributed by atoms with Gasteiger partial charge < -0.3 is 29.8 Å². The van der Waals surface area contributed by atoms with E-state index in [1.54, 1.807) is 4.57 Å². The quantitative estimate of drug-likeness (QED) is 0.654. The van der Waals surface area contributed by atoms with E-state index in [1.165, 1.54) is 6.33 Å². The van der Waals surface area contributed by atoms with Crippen molar-refractivity contribution in [2.45, 2.75) is 24.5 Å². The van der Waals surface area contributed by atoms with Crippen molar-refractivity contribution >= 4 is 17.0 Å². The fourth-order valence-electron chi connectivity index (χ4n) is 3.46. The van der Waals surface area contributed by atoms with Crippen LogP contribution in [-0.4, -0.2) is 56.3 Å². The SMILES string of the molecule is Nc1nc(Oc2cc(F)ccc2F)nc2c1ncn2[C@@H]1O[C@H](CO)[C@H]2OCO[C@H]21. The maximum atomic E-state index is 13.9. The van der Waals surface area contributed by atoms with Gasteiger partial charge in [-0.2, -0.15) is 9.97 Å². The van der Waals surface area contributed by atoms with Crippen LogP contribution in [0.4, 0.5) is 14.6 Å². The number of nitrogen functional groups attached to an aromatic ring is 1. The number of hydrogen-bond acceptors (Lipinski definition) is 9. The Morgan fingerprint density at radius 3 is 2.90 bits per heavy atom. The van der Waals surface area contributed by atoms with Gasteiger partial charge in [0, 0.05) is 6.07 Å². The van der Waals surface area contributed by atoms with E-state index >= 15 is 0 Å². The molecule has 0 saturated carbocycles. The molecule has 1 aromatic carbocycles. The lowest BCUT2D eigenvalue weighted by Gasteiger charge is -2.18. The first-order valence-corrected chi connectivity index (χ1v) is 8.67. The molecule has 4 heterocycles. The van der Waals surface area contributed by atoms with Gasteiger partial charge in [-0.3, -0.25) is 4.57 Å². The van der Waals surface area contributed by atoms with Crippen molar-refractivity contribution in [1.29, 1.82) is 0 Å². The molecule has 5 rings (SSSR count). The Morgan fingerprint density at radius 2 is 2.07 bits per heavy atom. The molecule has 2 fully saturated rings. The maximum Gasteiger partial charge on any atom is 0.326 e. The summed E-state index contributed by atoms with van der Waals surface area (Å²) >= 11 is 0. The van der Waals surface area contributed by atoms with E-state index < -0.39 is 36.2 Å². The van der Waals surface area contributed by atoms with Crippen LogP contribution in [-0.2, 0) is 14.2 Å². The molecule has 10 nitrogen and oxygen atoms in total. The van der Waals surface area contributed by atoms with E-state index in [2.05, 4.69) is 15.0 Å². The number of imidazole rings is 1. The second-order valence-corrected chi connectivity index (χ2v) is 6.52. The van der Waals surface area contributed by atoms with Gasteiger partial charge >= 0.3 is 6.01 Å². The molecule has 0 bridgehead atoms. The highest BCUT2D eigenvalue weighted by atomic mass is 19.1. The van der Waals surface area contributed by atoms with Gasteiger partial charge in [0.15, 0.2) is 34.8 Å². The fourth-order valence-corrected chi connectivity index (χ4v) is 3.46. The van der Waals surface area contributed by atoms with Crippen LogP contribution >= 0.6 is 0 Å². The standard InChI is InChI=1S/C17H15F2N5O5/c18-7-1-2-8(19)9(3-7)29-17-22-14(20)11-15(23-17)24(5-21-11)16-13-12(26-6-27-13)10(4-25)28-16/h1-3,5,10,12-13,16,25H,4,6H2,(H2,20,22,23)/t10-,12-,13-,16-/m1/s1. The van der Waals surface area contributed by atoms with Gasteiger partial charge in [0.1, 0.15) is 30.9 Å². The van der Waals surface area contributed by atoms with E-state index in [1.807, 2.05) is 0 Å². The molecule has 3 N–H and O–H groups in total. The second-order valence-electron chi connectivity index (χ2n) is 6.52. The number of fused-ring (bicyclic) bond motifs is 2. The first kappa shape index (κ1) is 18.1. The number of nitrogens with two attached hydrogens (primary N) is 1. The van der Waals surface area contributed by atoms with E-state index in [0.717, 1.165) is 18.2 Å². The lowest BCUT2D eigenvalue weighted by atomic mass is 10.1. The zero-order valence-corrected chi connectivity index (χ0v) is 14.7. The van der Waals surface area contributed by atoms with Crippen molar-refractivity contribution < 1.29 is 32.8 Å². The topological polar surface area (TPSA) is 127 Å². The van der Waals surface area contributed by atoms with Crippen molar-refractivity contribution in [3.8, 4) is 11.8 Å². The van der Waals surface area contributed by atoms with E-state index in [-0.39, 0.29) is 42.1 Å². The molecular weight excluding hydrogens is 392 g/mol. The van der Waals surface area contributed by atoms with Crippen LogP contribution in [0.1, 0.15) is 6.23 Å². The molecule has 29 heavy (non-hydrogen) atoms. The third-order valence-corrected chi connectivity index (χ3v) is 4.78. The van der Waals surface area contributed by atoms with Crippen LogP contribution in [0.15, 0.2) is 24.5 Å². The van der Waals surface area contributed by atoms with Crippen LogP contribution < -0.4 is 10.5 Å². The Labute approximate surface area is 161 Å². The summed E-state index contributed by atoms with van der Waals surface area (Å²) in [5.41, 5.74) is 6.44. The summed E-state index contributed by atoms with van der Waals surface area (Å²) in [6.45, 7) is -0.180. The molecule has 0 unspecified atom stereocenters. The van der Waals surface area contributed by atoms with Crippen molar-refractivity contribution in [3.63, 3.8) is 0 Å². The molecule has 2 aliphatic heterocycles. The summed E-state index contributed by atoms with van der Waals surface area (Å²) in [4.78, 5) is 12.4. The van der Waals surface area contributed by atoms with Crippen LogP contribution in [0, 0.1) is 11.6 Å². The van der Waals surface area contributed by atoms with Crippen LogP contribution in [0.3, 0.4) is 0 Å². The monoisotopic (exact) mass is 407 g/mol. The summed E-state index contributed by atoms with van der Waals surface area (Å²) in [5, 5.41) is 9.53. The molecule has 4 atom stereocenters. The van der Waals surface area contributed by atoms with Crippen LogP contribution in [0.2, 0.25) is 0 Å². The Kier molecular flexibility index (Phi) is 4.28. The molecule has 0 aliphatic carbocycles. The Morgan fingerprint density at radius 1 is 1.24 bits per heavy atom. The number of aromatic nitrogens is 4. The Bertz CT molecular complexity index is 1080. The molecule has 3 aromatic rings. The molecule has 2 aromatic heterocycles. The van der Waals surface area contributed by atoms with Gasteiger partial charge in [-0.15, -0.1) is 0 Å². The minimum Gasteiger partial charge on any atom is -0.421 e. The summed E-state index contributed by atoms with van der Waals surface area (Å²) in [7, 11) is 0. The highest BCUT2D eigenvalue weighted by Crippen LogP contribution is 2.38. The second kappa shape index (κ2) is 6.84. The molecule has 0 amide bonds. The van der Waals surface area contributed by atoms with Crippen molar-refractivity contribution in [2.75, 3.05) is 19.1 Å². The molecular formula is C17H15F2N5O5. The lowest BCUT2D eigenvalue weighted by molar-refractivity contribution is -0.108. The van der Waals surface area contributed by atoms with Crippen molar-refractivity contribution in [3.05, 3.63) is 36.2 Å². The smallest absolute Gasteiger partial charge is 0.326 e. The number of aliphatic hydroxyl groups excluding tert-OH is 1. The average Bonchev–Trinajstić information content (AvgIpc) is 3.39.